The molecule has 12 heteroatoms. The summed E-state index contributed by atoms with van der Waals surface area (Å²) in [6.07, 6.45) is 5.27. The highest BCUT2D eigenvalue weighted by atomic mass is 32.2. The molecule has 1 aliphatic carbocycles. The maximum Gasteiger partial charge on any atom is 0.263 e. The second kappa shape index (κ2) is 7.80. The van der Waals surface area contributed by atoms with Gasteiger partial charge in [-0.15, -0.1) is 5.10 Å². The van der Waals surface area contributed by atoms with E-state index in [-0.39, 0.29) is 41.0 Å². The summed E-state index contributed by atoms with van der Waals surface area (Å²) in [5, 5.41) is 7.78. The fourth-order valence-corrected chi connectivity index (χ4v) is 6.63. The van der Waals surface area contributed by atoms with Crippen molar-refractivity contribution in [1.29, 1.82) is 0 Å². The van der Waals surface area contributed by atoms with Gasteiger partial charge in [-0.2, -0.15) is 0 Å². The second-order valence-electron chi connectivity index (χ2n) is 7.95. The van der Waals surface area contributed by atoms with E-state index in [0.717, 1.165) is 36.8 Å². The van der Waals surface area contributed by atoms with Crippen LogP contribution in [-0.4, -0.2) is 79.3 Å². The van der Waals surface area contributed by atoms with Gasteiger partial charge in [0.2, 0.25) is 0 Å². The van der Waals surface area contributed by atoms with Crippen molar-refractivity contribution in [1.82, 2.24) is 20.1 Å². The van der Waals surface area contributed by atoms with Gasteiger partial charge in [-0.1, -0.05) is 17.7 Å². The molecule has 1 aliphatic heterocycles. The number of hydrogen-bond acceptors (Lipinski definition) is 8. The van der Waals surface area contributed by atoms with Crippen molar-refractivity contribution >= 4 is 36.6 Å². The monoisotopic (exact) mass is 456 g/mol. The van der Waals surface area contributed by atoms with Crippen LogP contribution < -0.4 is 4.84 Å². The predicted octanol–water partition coefficient (Wildman–Crippen LogP) is 0.222. The van der Waals surface area contributed by atoms with Crippen LogP contribution in [-0.2, 0) is 24.5 Å². The van der Waals surface area contributed by atoms with Crippen molar-refractivity contribution in [2.24, 2.45) is 0 Å². The van der Waals surface area contributed by atoms with Crippen LogP contribution >= 0.6 is 0 Å². The van der Waals surface area contributed by atoms with Gasteiger partial charge < -0.3 is 9.74 Å². The summed E-state index contributed by atoms with van der Waals surface area (Å²) in [6, 6.07) is 4.04. The number of nitrogens with zero attached hydrogens (tertiary/aromatic N) is 4. The normalized spacial score (nSPS) is 21.8. The van der Waals surface area contributed by atoms with E-state index in [4.69, 9.17) is 4.84 Å². The number of sulfone groups is 2. The predicted molar refractivity (Wildman–Crippen MR) is 108 cm³/mol. The van der Waals surface area contributed by atoms with Crippen molar-refractivity contribution < 1.29 is 26.5 Å². The third-order valence-electron chi connectivity index (χ3n) is 5.73. The van der Waals surface area contributed by atoms with E-state index in [1.807, 2.05) is 0 Å². The smallest absolute Gasteiger partial charge is 0.263 e. The third-order valence-corrected chi connectivity index (χ3v) is 8.59. The zero-order valence-corrected chi connectivity index (χ0v) is 18.2. The molecule has 1 atom stereocenters. The Hall–Kier alpha value is -2.21. The zero-order chi connectivity index (χ0) is 21.5. The molecule has 1 saturated heterocycles. The Balaban J connectivity index is 1.53. The molecule has 0 bridgehead atoms. The van der Waals surface area contributed by atoms with Crippen LogP contribution in [0, 0.1) is 0 Å². The zero-order valence-electron chi connectivity index (χ0n) is 16.6. The Morgan fingerprint density at radius 2 is 1.97 bits per heavy atom. The molecule has 2 aliphatic rings. The summed E-state index contributed by atoms with van der Waals surface area (Å²) >= 11 is 0. The molecule has 2 heterocycles. The topological polar surface area (TPSA) is 129 Å². The number of carbonyl (C=O) groups excluding carboxylic acids is 1. The van der Waals surface area contributed by atoms with Crippen LogP contribution in [0.2, 0.25) is 0 Å². The summed E-state index contributed by atoms with van der Waals surface area (Å²) in [4.78, 5) is 21.4. The quantitative estimate of drug-likeness (QED) is 0.604. The van der Waals surface area contributed by atoms with Gasteiger partial charge in [-0.25, -0.2) is 16.8 Å². The van der Waals surface area contributed by atoms with Gasteiger partial charge in [-0.3, -0.25) is 4.79 Å². The molecule has 0 N–H and O–H groups in total. The third kappa shape index (κ3) is 4.29. The van der Waals surface area contributed by atoms with Crippen LogP contribution in [0.1, 0.15) is 32.1 Å². The van der Waals surface area contributed by atoms with Crippen LogP contribution in [0.15, 0.2) is 23.1 Å². The van der Waals surface area contributed by atoms with Gasteiger partial charge in [0.15, 0.2) is 26.3 Å². The van der Waals surface area contributed by atoms with Gasteiger partial charge >= 0.3 is 0 Å². The summed E-state index contributed by atoms with van der Waals surface area (Å²) in [5.74, 6) is -0.220. The Labute approximate surface area is 175 Å². The molecule has 1 aromatic heterocycles. The number of hydrogen-bond donors (Lipinski definition) is 0. The summed E-state index contributed by atoms with van der Waals surface area (Å²) in [7, 11) is -6.55. The number of amides is 1. The van der Waals surface area contributed by atoms with Crippen LogP contribution in [0.3, 0.4) is 0 Å². The highest BCUT2D eigenvalue weighted by Gasteiger charge is 2.39. The molecular weight excluding hydrogens is 432 g/mol. The van der Waals surface area contributed by atoms with Gasteiger partial charge in [0.25, 0.3) is 5.91 Å². The first-order valence-corrected chi connectivity index (χ1v) is 13.6. The average Bonchev–Trinajstić information content (AvgIpc) is 3.40. The fraction of sp³-hybridized carbons (Fsp3) is 0.611. The minimum atomic E-state index is -3.42. The Morgan fingerprint density at radius 3 is 2.60 bits per heavy atom. The molecule has 4 rings (SSSR count). The Morgan fingerprint density at radius 1 is 1.23 bits per heavy atom. The molecule has 2 aromatic rings. The molecule has 2 fully saturated rings. The van der Waals surface area contributed by atoms with Crippen molar-refractivity contribution in [3.8, 4) is 0 Å². The molecule has 1 saturated carbocycles. The fourth-order valence-electron chi connectivity index (χ4n) is 4.28. The number of aromatic nitrogens is 3. The summed E-state index contributed by atoms with van der Waals surface area (Å²) in [5.41, 5.74) is 0.769. The molecule has 30 heavy (non-hydrogen) atoms. The highest BCUT2D eigenvalue weighted by molar-refractivity contribution is 7.91. The average molecular weight is 457 g/mol. The summed E-state index contributed by atoms with van der Waals surface area (Å²) < 4.78 is 47.5. The van der Waals surface area contributed by atoms with Crippen LogP contribution in [0.4, 0.5) is 0 Å². The maximum absolute atomic E-state index is 13.0. The van der Waals surface area contributed by atoms with Crippen LogP contribution in [0.25, 0.3) is 11.0 Å². The second-order valence-corrected chi connectivity index (χ2v) is 12.2. The largest absolute Gasteiger partial charge is 0.385 e. The van der Waals surface area contributed by atoms with E-state index < -0.39 is 19.7 Å². The maximum atomic E-state index is 13.0. The van der Waals surface area contributed by atoms with Gasteiger partial charge in [0.1, 0.15) is 11.0 Å². The number of benzene rings is 1. The Kier molecular flexibility index (Phi) is 5.47. The lowest BCUT2D eigenvalue weighted by molar-refractivity contribution is -0.141. The minimum absolute atomic E-state index is 0.0147. The SMILES string of the molecule is CS(=O)(=O)c1ccc2nnn(OCC(=O)N(C3CCCC3)C3CCS(=O)(=O)C3)c2c1. The number of rotatable bonds is 6. The van der Waals surface area contributed by atoms with Crippen molar-refractivity contribution in [3.05, 3.63) is 18.2 Å². The highest BCUT2D eigenvalue weighted by Crippen LogP contribution is 2.29. The van der Waals surface area contributed by atoms with E-state index in [9.17, 15) is 21.6 Å². The van der Waals surface area contributed by atoms with E-state index in [1.165, 1.54) is 18.2 Å². The van der Waals surface area contributed by atoms with E-state index >= 15 is 0 Å². The molecule has 1 unspecified atom stereocenters. The molecule has 1 aromatic carbocycles. The molecule has 0 spiro atoms. The van der Waals surface area contributed by atoms with Crippen molar-refractivity contribution in [3.63, 3.8) is 0 Å². The molecule has 10 nitrogen and oxygen atoms in total. The van der Waals surface area contributed by atoms with Gasteiger partial charge in [0.05, 0.1) is 16.4 Å². The van der Waals surface area contributed by atoms with Crippen molar-refractivity contribution in [2.45, 2.75) is 49.1 Å². The van der Waals surface area contributed by atoms with Gasteiger partial charge in [-0.05, 0) is 42.7 Å². The molecular formula is C18H24N4O6S2. The number of carbonyl (C=O) groups is 1. The first kappa shape index (κ1) is 21.0. The Bertz CT molecular complexity index is 1170. The first-order chi connectivity index (χ1) is 14.1. The van der Waals surface area contributed by atoms with Crippen LogP contribution in [0.5, 0.6) is 0 Å². The van der Waals surface area contributed by atoms with Gasteiger partial charge in [0, 0.05) is 18.3 Å². The lowest BCUT2D eigenvalue weighted by Gasteiger charge is -2.33. The standard InChI is InChI=1S/C18H24N4O6S2/c1-29(24,25)15-6-7-16-17(10-15)22(20-19-16)28-11-18(23)21(13-4-2-3-5-13)14-8-9-30(26,27)12-14/h6-7,10,13-14H,2-5,8-9,11-12H2,1H3. The summed E-state index contributed by atoms with van der Waals surface area (Å²) in [6.45, 7) is -0.339. The van der Waals surface area contributed by atoms with E-state index in [2.05, 4.69) is 10.3 Å². The lowest BCUT2D eigenvalue weighted by atomic mass is 10.1. The van der Waals surface area contributed by atoms with E-state index in [1.54, 1.807) is 4.90 Å². The lowest BCUT2D eigenvalue weighted by Crippen LogP contribution is -2.49. The molecule has 164 valence electrons. The molecule has 0 radical (unpaired) electrons. The van der Waals surface area contributed by atoms with E-state index in [0.29, 0.717) is 17.5 Å². The minimum Gasteiger partial charge on any atom is -0.385 e. The molecule has 1 amide bonds. The number of fused-ring (bicyclic) bond motifs is 1. The first-order valence-electron chi connectivity index (χ1n) is 9.84. The van der Waals surface area contributed by atoms with Crippen molar-refractivity contribution in [2.75, 3.05) is 24.4 Å².